The van der Waals surface area contributed by atoms with Crippen molar-refractivity contribution in [1.82, 2.24) is 20.5 Å². The van der Waals surface area contributed by atoms with E-state index in [1.807, 2.05) is 12.3 Å². The Morgan fingerprint density at radius 2 is 2.09 bits per heavy atom. The molecule has 1 aromatic carbocycles. The lowest BCUT2D eigenvalue weighted by Gasteiger charge is -2.44. The maximum atomic E-state index is 13.5. The number of hydrogen-bond donors (Lipinski definition) is 3. The quantitative estimate of drug-likeness (QED) is 0.574. The number of hydrogen-bond acceptors (Lipinski definition) is 5. The number of ether oxygens (including phenoxy) is 1. The van der Waals surface area contributed by atoms with Gasteiger partial charge >= 0.3 is 0 Å². The molecule has 4 fully saturated rings. The number of nitrogens with zero attached hydrogens (tertiary/aromatic N) is 1. The van der Waals surface area contributed by atoms with Crippen molar-refractivity contribution in [3.63, 3.8) is 0 Å². The number of rotatable bonds is 7. The molecule has 0 radical (unpaired) electrons. The first-order chi connectivity index (χ1) is 15.9. The highest BCUT2D eigenvalue weighted by molar-refractivity contribution is 6.30. The number of amides is 1. The van der Waals surface area contributed by atoms with E-state index < -0.39 is 5.82 Å². The Bertz CT molecular complexity index is 1090. The van der Waals surface area contributed by atoms with Gasteiger partial charge in [0.25, 0.3) is 11.5 Å². The van der Waals surface area contributed by atoms with E-state index in [9.17, 15) is 14.0 Å². The van der Waals surface area contributed by atoms with E-state index in [-0.39, 0.29) is 52.8 Å². The summed E-state index contributed by atoms with van der Waals surface area (Å²) in [7, 11) is 0. The van der Waals surface area contributed by atoms with Gasteiger partial charge in [-0.2, -0.15) is 0 Å². The van der Waals surface area contributed by atoms with E-state index in [0.29, 0.717) is 5.92 Å². The van der Waals surface area contributed by atoms with E-state index in [0.717, 1.165) is 38.5 Å². The van der Waals surface area contributed by atoms with Crippen molar-refractivity contribution in [1.29, 1.82) is 0 Å². The highest BCUT2D eigenvalue weighted by Gasteiger charge is 2.57. The van der Waals surface area contributed by atoms with Crippen LogP contribution in [0.3, 0.4) is 0 Å². The Kier molecular flexibility index (Phi) is 6.16. The third kappa shape index (κ3) is 4.78. The lowest BCUT2D eigenvalue weighted by molar-refractivity contribution is -0.124. The third-order valence-corrected chi connectivity index (χ3v) is 7.43. The normalized spacial score (nSPS) is 30.5. The summed E-state index contributed by atoms with van der Waals surface area (Å²) in [5.74, 6) is -0.0609. The molecule has 9 heteroatoms. The minimum atomic E-state index is -0.574. The zero-order chi connectivity index (χ0) is 23.0. The number of nitrogens with one attached hydrogen (secondary N) is 3. The summed E-state index contributed by atoms with van der Waals surface area (Å²) in [6, 6.07) is 9.46. The molecule has 3 N–H and O–H groups in total. The van der Waals surface area contributed by atoms with Gasteiger partial charge < -0.3 is 10.1 Å². The second-order valence-corrected chi connectivity index (χ2v) is 9.86. The molecule has 1 saturated heterocycles. The lowest BCUT2D eigenvalue weighted by Crippen LogP contribution is -2.60. The van der Waals surface area contributed by atoms with Crippen LogP contribution < -0.4 is 26.2 Å². The molecular formula is C24H28ClFN4O3. The van der Waals surface area contributed by atoms with Crippen LogP contribution in [-0.4, -0.2) is 34.8 Å². The molecule has 33 heavy (non-hydrogen) atoms. The van der Waals surface area contributed by atoms with Gasteiger partial charge in [-0.25, -0.2) is 4.39 Å². The summed E-state index contributed by atoms with van der Waals surface area (Å²) in [6.07, 6.45) is 7.85. The van der Waals surface area contributed by atoms with Gasteiger partial charge in [-0.05, 0) is 62.6 Å². The van der Waals surface area contributed by atoms with Crippen molar-refractivity contribution in [3.8, 4) is 5.75 Å². The summed E-state index contributed by atoms with van der Waals surface area (Å²) in [5.41, 5.74) is 0.0222. The second kappa shape index (κ2) is 9.08. The molecule has 4 aliphatic rings. The SMILES string of the molecule is O=C(COc1ccc(Cl)c(F)c1)NC1CC2(NC3CCCC(n4ccccc4=O)N3)CC1C2. The fraction of sp³-hybridized carbons (Fsp3) is 0.500. The number of aromatic nitrogens is 1. The minimum Gasteiger partial charge on any atom is -0.484 e. The van der Waals surface area contributed by atoms with Crippen molar-refractivity contribution in [2.75, 3.05) is 6.61 Å². The smallest absolute Gasteiger partial charge is 0.258 e. The van der Waals surface area contributed by atoms with Crippen LogP contribution in [0.15, 0.2) is 47.4 Å². The van der Waals surface area contributed by atoms with Crippen molar-refractivity contribution >= 4 is 17.5 Å². The number of carbonyl (C=O) groups is 1. The summed E-state index contributed by atoms with van der Waals surface area (Å²) in [6.45, 7) is -0.164. The van der Waals surface area contributed by atoms with Crippen molar-refractivity contribution in [3.05, 3.63) is 63.8 Å². The van der Waals surface area contributed by atoms with Crippen LogP contribution in [0.1, 0.15) is 44.7 Å². The third-order valence-electron chi connectivity index (χ3n) is 7.12. The molecule has 1 aliphatic heterocycles. The maximum absolute atomic E-state index is 13.5. The molecule has 176 valence electrons. The van der Waals surface area contributed by atoms with Gasteiger partial charge in [0.05, 0.1) is 17.4 Å². The maximum Gasteiger partial charge on any atom is 0.258 e. The van der Waals surface area contributed by atoms with Gasteiger partial charge in [-0.1, -0.05) is 17.7 Å². The average Bonchev–Trinajstić information content (AvgIpc) is 3.28. The van der Waals surface area contributed by atoms with Gasteiger partial charge in [-0.3, -0.25) is 24.8 Å². The largest absolute Gasteiger partial charge is 0.484 e. The zero-order valence-electron chi connectivity index (χ0n) is 18.2. The van der Waals surface area contributed by atoms with Gasteiger partial charge in [0.1, 0.15) is 11.6 Å². The monoisotopic (exact) mass is 474 g/mol. The molecule has 3 saturated carbocycles. The lowest BCUT2D eigenvalue weighted by atomic mass is 9.76. The molecule has 3 unspecified atom stereocenters. The Morgan fingerprint density at radius 1 is 1.24 bits per heavy atom. The standard InChI is InChI=1S/C24H28ClFN4O3/c25-17-8-7-16(10-18(17)26)33-14-22(31)27-19-13-24(11-15(19)12-24)29-20-4-3-5-21(28-20)30-9-2-1-6-23(30)32/h1-2,6-10,15,19-21,28-29H,3-5,11-14H2,(H,27,31). The number of pyridine rings is 1. The Balaban J connectivity index is 1.11. The molecule has 3 aliphatic carbocycles. The highest BCUT2D eigenvalue weighted by atomic mass is 35.5. The number of piperidine rings is 1. The van der Waals surface area contributed by atoms with Crippen LogP contribution in [-0.2, 0) is 4.79 Å². The predicted molar refractivity (Wildman–Crippen MR) is 123 cm³/mol. The second-order valence-electron chi connectivity index (χ2n) is 9.45. The molecular weight excluding hydrogens is 447 g/mol. The van der Waals surface area contributed by atoms with Gasteiger partial charge in [0, 0.05) is 29.9 Å². The van der Waals surface area contributed by atoms with Crippen LogP contribution in [0.25, 0.3) is 0 Å². The van der Waals surface area contributed by atoms with Gasteiger partial charge in [-0.15, -0.1) is 0 Å². The molecule has 2 heterocycles. The first-order valence-corrected chi connectivity index (χ1v) is 11.9. The van der Waals surface area contributed by atoms with Crippen LogP contribution in [0, 0.1) is 11.7 Å². The minimum absolute atomic E-state index is 0.00437. The van der Waals surface area contributed by atoms with E-state index >= 15 is 0 Å². The molecule has 1 aromatic heterocycles. The van der Waals surface area contributed by atoms with Gasteiger partial charge in [0.15, 0.2) is 6.61 Å². The summed E-state index contributed by atoms with van der Waals surface area (Å²) in [4.78, 5) is 24.6. The predicted octanol–water partition coefficient (Wildman–Crippen LogP) is 2.94. The Morgan fingerprint density at radius 3 is 2.88 bits per heavy atom. The molecule has 1 amide bonds. The summed E-state index contributed by atoms with van der Waals surface area (Å²) >= 11 is 5.67. The molecule has 7 nitrogen and oxygen atoms in total. The van der Waals surface area contributed by atoms with E-state index in [1.165, 1.54) is 18.2 Å². The molecule has 0 spiro atoms. The van der Waals surface area contributed by atoms with E-state index in [1.54, 1.807) is 16.7 Å². The van der Waals surface area contributed by atoms with Crippen LogP contribution >= 0.6 is 11.6 Å². The number of benzene rings is 1. The summed E-state index contributed by atoms with van der Waals surface area (Å²) in [5, 5.41) is 10.5. The zero-order valence-corrected chi connectivity index (χ0v) is 19.0. The van der Waals surface area contributed by atoms with Crippen LogP contribution in [0.5, 0.6) is 5.75 Å². The van der Waals surface area contributed by atoms with Crippen molar-refractivity contribution in [2.24, 2.45) is 5.92 Å². The van der Waals surface area contributed by atoms with E-state index in [2.05, 4.69) is 16.0 Å². The molecule has 6 rings (SSSR count). The summed E-state index contributed by atoms with van der Waals surface area (Å²) < 4.78 is 20.7. The first-order valence-electron chi connectivity index (χ1n) is 11.5. The van der Waals surface area contributed by atoms with Crippen LogP contribution in [0.2, 0.25) is 5.02 Å². The average molecular weight is 475 g/mol. The van der Waals surface area contributed by atoms with Crippen LogP contribution in [0.4, 0.5) is 4.39 Å². The molecule has 3 atom stereocenters. The fourth-order valence-corrected chi connectivity index (χ4v) is 5.72. The van der Waals surface area contributed by atoms with Crippen molar-refractivity contribution in [2.45, 2.75) is 62.4 Å². The highest BCUT2D eigenvalue weighted by Crippen LogP contribution is 2.52. The van der Waals surface area contributed by atoms with Gasteiger partial charge in [0.2, 0.25) is 0 Å². The number of fused-ring (bicyclic) bond motifs is 1. The Hall–Kier alpha value is -2.42. The number of halogens is 2. The van der Waals surface area contributed by atoms with E-state index in [4.69, 9.17) is 16.3 Å². The molecule has 2 aromatic rings. The molecule has 2 bridgehead atoms. The first kappa shape index (κ1) is 22.4. The fourth-order valence-electron chi connectivity index (χ4n) is 5.61. The topological polar surface area (TPSA) is 84.4 Å². The number of carbonyl (C=O) groups excluding carboxylic acids is 1. The van der Waals surface area contributed by atoms with Crippen molar-refractivity contribution < 1.29 is 13.9 Å². The Labute approximate surface area is 196 Å².